The molecular weight excluding hydrogens is 380 g/mol. The van der Waals surface area contributed by atoms with Crippen molar-refractivity contribution < 1.29 is 16.8 Å². The van der Waals surface area contributed by atoms with Crippen LogP contribution in [0.3, 0.4) is 0 Å². The molecule has 0 radical (unpaired) electrons. The second-order valence-electron chi connectivity index (χ2n) is 5.01. The summed E-state index contributed by atoms with van der Waals surface area (Å²) in [5.41, 5.74) is 0. The number of piperidine rings is 1. The van der Waals surface area contributed by atoms with E-state index < -0.39 is 20.0 Å². The zero-order chi connectivity index (χ0) is 15.7. The third-order valence-electron chi connectivity index (χ3n) is 3.37. The summed E-state index contributed by atoms with van der Waals surface area (Å²) >= 11 is 3.26. The van der Waals surface area contributed by atoms with E-state index in [0.717, 1.165) is 4.47 Å². The van der Waals surface area contributed by atoms with Gasteiger partial charge < -0.3 is 0 Å². The highest BCUT2D eigenvalue weighted by Gasteiger charge is 2.28. The Labute approximate surface area is 133 Å². The second-order valence-corrected chi connectivity index (χ2v) is 9.62. The SMILES string of the molecule is CS(=O)(=O)N1CCC(NS(=O)(=O)c2ccc(Br)cc2)CC1. The molecule has 6 nitrogen and oxygen atoms in total. The lowest BCUT2D eigenvalue weighted by Crippen LogP contribution is -2.46. The number of sulfonamides is 2. The van der Waals surface area contributed by atoms with E-state index in [1.807, 2.05) is 0 Å². The van der Waals surface area contributed by atoms with Crippen LogP contribution in [0.25, 0.3) is 0 Å². The quantitative estimate of drug-likeness (QED) is 0.826. The van der Waals surface area contributed by atoms with Gasteiger partial charge in [0.05, 0.1) is 11.2 Å². The predicted molar refractivity (Wildman–Crippen MR) is 83.9 cm³/mol. The van der Waals surface area contributed by atoms with Crippen LogP contribution in [0.15, 0.2) is 33.6 Å². The summed E-state index contributed by atoms with van der Waals surface area (Å²) in [6.45, 7) is 0.679. The number of nitrogens with zero attached hydrogens (tertiary/aromatic N) is 1. The zero-order valence-corrected chi connectivity index (χ0v) is 14.7. The topological polar surface area (TPSA) is 83.6 Å². The Morgan fingerprint density at radius 2 is 1.62 bits per heavy atom. The van der Waals surface area contributed by atoms with Crippen molar-refractivity contribution in [3.8, 4) is 0 Å². The summed E-state index contributed by atoms with van der Waals surface area (Å²) in [6, 6.07) is 6.15. The Kier molecular flexibility index (Phi) is 5.09. The van der Waals surface area contributed by atoms with Crippen molar-refractivity contribution in [1.29, 1.82) is 0 Å². The average molecular weight is 397 g/mol. The first-order valence-electron chi connectivity index (χ1n) is 6.41. The maximum absolute atomic E-state index is 12.2. The summed E-state index contributed by atoms with van der Waals surface area (Å²) in [5, 5.41) is 0. The van der Waals surface area contributed by atoms with Crippen molar-refractivity contribution in [3.05, 3.63) is 28.7 Å². The lowest BCUT2D eigenvalue weighted by atomic mass is 10.1. The minimum absolute atomic E-state index is 0.205. The van der Waals surface area contributed by atoms with E-state index in [1.54, 1.807) is 12.1 Å². The van der Waals surface area contributed by atoms with Crippen molar-refractivity contribution >= 4 is 36.0 Å². The molecule has 118 valence electrons. The van der Waals surface area contributed by atoms with Crippen LogP contribution in [-0.4, -0.2) is 46.5 Å². The van der Waals surface area contributed by atoms with Gasteiger partial charge >= 0.3 is 0 Å². The Hall–Kier alpha value is -0.480. The maximum atomic E-state index is 12.2. The molecule has 2 rings (SSSR count). The molecule has 0 saturated carbocycles. The van der Waals surface area contributed by atoms with E-state index in [2.05, 4.69) is 20.7 Å². The van der Waals surface area contributed by atoms with Crippen LogP contribution < -0.4 is 4.72 Å². The van der Waals surface area contributed by atoms with Crippen LogP contribution in [0, 0.1) is 0 Å². The highest BCUT2D eigenvalue weighted by molar-refractivity contribution is 9.10. The molecule has 1 aromatic carbocycles. The van der Waals surface area contributed by atoms with Gasteiger partial charge in [-0.05, 0) is 37.1 Å². The van der Waals surface area contributed by atoms with Crippen molar-refractivity contribution in [2.24, 2.45) is 0 Å². The minimum atomic E-state index is -3.57. The first-order valence-corrected chi connectivity index (χ1v) is 10.5. The second kappa shape index (κ2) is 6.33. The first kappa shape index (κ1) is 16.9. The lowest BCUT2D eigenvalue weighted by Gasteiger charge is -2.30. The number of halogens is 1. The van der Waals surface area contributed by atoms with Crippen LogP contribution >= 0.6 is 15.9 Å². The monoisotopic (exact) mass is 396 g/mol. The minimum Gasteiger partial charge on any atom is -0.213 e. The van der Waals surface area contributed by atoms with Crippen molar-refractivity contribution in [3.63, 3.8) is 0 Å². The fourth-order valence-electron chi connectivity index (χ4n) is 2.21. The Balaban J connectivity index is 2.01. The van der Waals surface area contributed by atoms with Crippen LogP contribution in [0.5, 0.6) is 0 Å². The molecular formula is C12H17BrN2O4S2. The smallest absolute Gasteiger partial charge is 0.213 e. The Bertz CT molecular complexity index is 693. The van der Waals surface area contributed by atoms with Crippen molar-refractivity contribution in [2.75, 3.05) is 19.3 Å². The van der Waals surface area contributed by atoms with Gasteiger partial charge in [0.25, 0.3) is 0 Å². The Morgan fingerprint density at radius 3 is 2.10 bits per heavy atom. The van der Waals surface area contributed by atoms with Gasteiger partial charge in [0.1, 0.15) is 0 Å². The van der Waals surface area contributed by atoms with Gasteiger partial charge in [-0.1, -0.05) is 15.9 Å². The summed E-state index contributed by atoms with van der Waals surface area (Å²) in [6.07, 6.45) is 2.12. The van der Waals surface area contributed by atoms with Gasteiger partial charge in [-0.25, -0.2) is 25.9 Å². The molecule has 1 N–H and O–H groups in total. The highest BCUT2D eigenvalue weighted by Crippen LogP contribution is 2.18. The molecule has 0 spiro atoms. The lowest BCUT2D eigenvalue weighted by molar-refractivity contribution is 0.310. The van der Waals surface area contributed by atoms with E-state index in [-0.39, 0.29) is 10.9 Å². The summed E-state index contributed by atoms with van der Waals surface area (Å²) in [4.78, 5) is 0.205. The molecule has 0 atom stereocenters. The molecule has 1 fully saturated rings. The third kappa shape index (κ3) is 4.49. The van der Waals surface area contributed by atoms with E-state index in [0.29, 0.717) is 25.9 Å². The first-order chi connectivity index (χ1) is 9.68. The molecule has 1 heterocycles. The molecule has 1 aliphatic heterocycles. The van der Waals surface area contributed by atoms with Gasteiger partial charge in [0.15, 0.2) is 0 Å². The summed E-state index contributed by atoms with van der Waals surface area (Å²) < 4.78 is 52.1. The van der Waals surface area contributed by atoms with E-state index in [4.69, 9.17) is 0 Å². The highest BCUT2D eigenvalue weighted by atomic mass is 79.9. The number of benzene rings is 1. The van der Waals surface area contributed by atoms with Gasteiger partial charge in [0, 0.05) is 23.6 Å². The van der Waals surface area contributed by atoms with Crippen LogP contribution in [0.1, 0.15) is 12.8 Å². The fraction of sp³-hybridized carbons (Fsp3) is 0.500. The molecule has 21 heavy (non-hydrogen) atoms. The van der Waals surface area contributed by atoms with E-state index in [1.165, 1.54) is 22.7 Å². The summed E-state index contributed by atoms with van der Waals surface area (Å²) in [5.74, 6) is 0. The van der Waals surface area contributed by atoms with Gasteiger partial charge in [0.2, 0.25) is 20.0 Å². The average Bonchev–Trinajstić information content (AvgIpc) is 2.38. The zero-order valence-electron chi connectivity index (χ0n) is 11.5. The van der Waals surface area contributed by atoms with Crippen molar-refractivity contribution in [2.45, 2.75) is 23.8 Å². The molecule has 1 saturated heterocycles. The number of nitrogens with one attached hydrogen (secondary N) is 1. The Morgan fingerprint density at radius 1 is 1.10 bits per heavy atom. The molecule has 0 aliphatic carbocycles. The van der Waals surface area contributed by atoms with Crippen LogP contribution in [0.2, 0.25) is 0 Å². The number of hydrogen-bond donors (Lipinski definition) is 1. The third-order valence-corrected chi connectivity index (χ3v) is 6.74. The molecule has 0 amide bonds. The molecule has 0 unspecified atom stereocenters. The number of hydrogen-bond acceptors (Lipinski definition) is 4. The van der Waals surface area contributed by atoms with Gasteiger partial charge in [-0.15, -0.1) is 0 Å². The van der Waals surface area contributed by atoms with Crippen molar-refractivity contribution in [1.82, 2.24) is 9.03 Å². The largest absolute Gasteiger partial charge is 0.240 e. The van der Waals surface area contributed by atoms with E-state index in [9.17, 15) is 16.8 Å². The number of rotatable bonds is 4. The van der Waals surface area contributed by atoms with Gasteiger partial charge in [-0.2, -0.15) is 0 Å². The molecule has 0 bridgehead atoms. The summed E-state index contributed by atoms with van der Waals surface area (Å²) in [7, 11) is -6.77. The maximum Gasteiger partial charge on any atom is 0.240 e. The fourth-order valence-corrected chi connectivity index (χ4v) is 4.65. The molecule has 0 aromatic heterocycles. The van der Waals surface area contributed by atoms with Gasteiger partial charge in [-0.3, -0.25) is 0 Å². The van der Waals surface area contributed by atoms with Crippen LogP contribution in [-0.2, 0) is 20.0 Å². The predicted octanol–water partition coefficient (Wildman–Crippen LogP) is 1.15. The molecule has 9 heteroatoms. The van der Waals surface area contributed by atoms with Crippen LogP contribution in [0.4, 0.5) is 0 Å². The normalized spacial score (nSPS) is 18.8. The van der Waals surface area contributed by atoms with E-state index >= 15 is 0 Å². The molecule has 1 aromatic rings. The molecule has 1 aliphatic rings. The standard InChI is InChI=1S/C12H17BrN2O4S2/c1-20(16,17)15-8-6-11(7-9-15)14-21(18,19)12-4-2-10(13)3-5-12/h2-5,11,14H,6-9H2,1H3.